The summed E-state index contributed by atoms with van der Waals surface area (Å²) in [6.07, 6.45) is -3.64. The first kappa shape index (κ1) is 19.4. The number of hydrogen-bond donors (Lipinski definition) is 3. The number of tetrazole rings is 1. The summed E-state index contributed by atoms with van der Waals surface area (Å²) < 4.78 is 53.1. The van der Waals surface area contributed by atoms with E-state index < -0.39 is 32.3 Å². The van der Waals surface area contributed by atoms with Crippen molar-refractivity contribution in [3.05, 3.63) is 41.7 Å². The molecule has 28 heavy (non-hydrogen) atoms. The number of H-pyrrole nitrogens is 1. The van der Waals surface area contributed by atoms with Crippen molar-refractivity contribution in [1.29, 1.82) is 0 Å². The molecule has 1 unspecified atom stereocenters. The lowest BCUT2D eigenvalue weighted by atomic mass is 9.97. The molecule has 13 heteroatoms. The summed E-state index contributed by atoms with van der Waals surface area (Å²) in [5.41, 5.74) is 4.01. The molecule has 5 N–H and O–H groups in total. The van der Waals surface area contributed by atoms with Gasteiger partial charge in [0.1, 0.15) is 5.69 Å². The molecule has 0 fully saturated rings. The Morgan fingerprint density at radius 1 is 1.21 bits per heavy atom. The molecule has 1 aromatic carbocycles. The molecule has 0 spiro atoms. The van der Waals surface area contributed by atoms with E-state index in [4.69, 9.17) is 10.9 Å². The number of rotatable bonds is 4. The lowest BCUT2D eigenvalue weighted by molar-refractivity contribution is -0.139. The molecule has 0 saturated carbocycles. The van der Waals surface area contributed by atoms with Gasteiger partial charge in [0.15, 0.2) is 0 Å². The van der Waals surface area contributed by atoms with Crippen LogP contribution in [0.25, 0.3) is 22.5 Å². The Balaban J connectivity index is 2.40. The molecule has 9 nitrogen and oxygen atoms in total. The van der Waals surface area contributed by atoms with Gasteiger partial charge in [0.05, 0.1) is 20.2 Å². The van der Waals surface area contributed by atoms with E-state index in [0.29, 0.717) is 0 Å². The minimum atomic E-state index is -4.86. The fraction of sp³-hybridized carbons (Fsp3) is 0.0667. The number of nitrogens with one attached hydrogen (secondary N) is 1. The Bertz CT molecular complexity index is 1140. The lowest BCUT2D eigenvalue weighted by Crippen LogP contribution is -2.20. The minimum Gasteiger partial charge on any atom is -0.364 e. The Hall–Kier alpha value is -3.32. The number of primary amides is 1. The van der Waals surface area contributed by atoms with E-state index in [2.05, 4.69) is 31.5 Å². The fourth-order valence-electron chi connectivity index (χ4n) is 2.59. The van der Waals surface area contributed by atoms with Gasteiger partial charge in [-0.3, -0.25) is 14.9 Å². The predicted molar refractivity (Wildman–Crippen MR) is 94.1 cm³/mol. The third-order valence-corrected chi connectivity index (χ3v) is 4.82. The van der Waals surface area contributed by atoms with Gasteiger partial charge in [-0.25, -0.2) is 4.21 Å². The van der Waals surface area contributed by atoms with Gasteiger partial charge in [0.25, 0.3) is 5.91 Å². The number of amides is 1. The zero-order valence-electron chi connectivity index (χ0n) is 13.9. The topological polar surface area (TPSA) is 154 Å². The first-order valence-electron chi connectivity index (χ1n) is 7.39. The van der Waals surface area contributed by atoms with Crippen LogP contribution in [0.1, 0.15) is 16.1 Å². The maximum absolute atomic E-state index is 13.5. The number of nitrogens with zero attached hydrogens (tertiary/aromatic N) is 4. The highest BCUT2D eigenvalue weighted by atomic mass is 32.2. The third kappa shape index (κ3) is 3.57. The molecule has 0 bridgehead atoms. The highest BCUT2D eigenvalue weighted by Crippen LogP contribution is 2.42. The van der Waals surface area contributed by atoms with Crippen molar-refractivity contribution in [1.82, 2.24) is 25.6 Å². The highest BCUT2D eigenvalue weighted by molar-refractivity contribution is 7.98. The van der Waals surface area contributed by atoms with E-state index >= 15 is 0 Å². The second-order valence-corrected chi connectivity index (χ2v) is 7.48. The van der Waals surface area contributed by atoms with Gasteiger partial charge in [0.2, 0.25) is 5.82 Å². The Kier molecular flexibility index (Phi) is 4.64. The summed E-state index contributed by atoms with van der Waals surface area (Å²) in [4.78, 5) is 14.3. The molecule has 1 atom stereocenters. The van der Waals surface area contributed by atoms with Gasteiger partial charge in [0, 0.05) is 17.3 Å². The molecule has 0 saturated heterocycles. The van der Waals surface area contributed by atoms with Gasteiger partial charge in [-0.2, -0.15) is 18.4 Å². The van der Waals surface area contributed by atoms with Gasteiger partial charge >= 0.3 is 6.18 Å². The second-order valence-electron chi connectivity index (χ2n) is 5.62. The Morgan fingerprint density at radius 2 is 1.93 bits per heavy atom. The number of halogens is 3. The molecule has 3 rings (SSSR count). The number of alkyl halides is 3. The number of pyridine rings is 1. The lowest BCUT2D eigenvalue weighted by Gasteiger charge is -2.19. The predicted octanol–water partition coefficient (Wildman–Crippen LogP) is 0.995. The number of hydrogen-bond acceptors (Lipinski definition) is 6. The molecule has 2 heterocycles. The molecule has 146 valence electrons. The number of aromatic amines is 1. The first-order chi connectivity index (χ1) is 13.0. The highest BCUT2D eigenvalue weighted by Gasteiger charge is 2.38. The summed E-state index contributed by atoms with van der Waals surface area (Å²) >= 11 is 0. The van der Waals surface area contributed by atoms with Crippen LogP contribution >= 0.6 is 0 Å². The number of aromatic nitrogens is 5. The van der Waals surface area contributed by atoms with Crippen molar-refractivity contribution >= 4 is 21.5 Å². The summed E-state index contributed by atoms with van der Waals surface area (Å²) in [6, 6.07) is 4.56. The molecule has 0 radical (unpaired) electrons. The molecular weight excluding hydrogens is 399 g/mol. The first-order valence-corrected chi connectivity index (χ1v) is 9.18. The zero-order chi connectivity index (χ0) is 20.7. The largest absolute Gasteiger partial charge is 0.417 e. The van der Waals surface area contributed by atoms with Crippen molar-refractivity contribution < 1.29 is 22.2 Å². The smallest absolute Gasteiger partial charge is 0.364 e. The van der Waals surface area contributed by atoms with Crippen LogP contribution in [-0.2, 0) is 15.9 Å². The van der Waals surface area contributed by atoms with E-state index in [1.54, 1.807) is 0 Å². The molecule has 0 aliphatic rings. The van der Waals surface area contributed by atoms with Gasteiger partial charge in [-0.1, -0.05) is 12.1 Å². The molecule has 2 aromatic heterocycles. The van der Waals surface area contributed by atoms with Crippen LogP contribution in [0.4, 0.5) is 13.2 Å². The summed E-state index contributed by atoms with van der Waals surface area (Å²) in [5, 5.41) is 18.4. The summed E-state index contributed by atoms with van der Waals surface area (Å²) in [6.45, 7) is 0. The third-order valence-electron chi connectivity index (χ3n) is 3.70. The van der Waals surface area contributed by atoms with Crippen LogP contribution in [0.3, 0.4) is 0 Å². The SMILES string of the molecule is C=S(N)(=O)c1c(C(F)(F)F)ccc(-c2ccc(C(N)=O)nc2)c1-c1nn[nH]n1. The zero-order valence-corrected chi connectivity index (χ0v) is 14.7. The van der Waals surface area contributed by atoms with Crippen molar-refractivity contribution in [3.63, 3.8) is 0 Å². The standard InChI is InChI=1S/C15H12F3N7O2S/c1-28(20,27)12-9(15(16,17)18)4-3-8(11(12)14-22-24-25-23-14)7-2-5-10(13(19)26)21-6-7/h2-6H,1H2,(H2,19,26)(H2,20,27)(H,22,23,24,25). The van der Waals surface area contributed by atoms with E-state index in [1.165, 1.54) is 18.3 Å². The minimum absolute atomic E-state index is 0.0447. The van der Waals surface area contributed by atoms with E-state index in [9.17, 15) is 22.2 Å². The summed E-state index contributed by atoms with van der Waals surface area (Å²) in [5.74, 6) is 2.16. The monoisotopic (exact) mass is 411 g/mol. The molecular formula is C15H12F3N7O2S. The average molecular weight is 411 g/mol. The van der Waals surface area contributed by atoms with Crippen LogP contribution in [0, 0.1) is 0 Å². The molecule has 3 aromatic rings. The van der Waals surface area contributed by atoms with Crippen molar-refractivity contribution in [3.8, 4) is 22.5 Å². The van der Waals surface area contributed by atoms with Crippen molar-refractivity contribution in [2.24, 2.45) is 10.9 Å². The quantitative estimate of drug-likeness (QED) is 0.544. The normalized spacial score (nSPS) is 13.9. The van der Waals surface area contributed by atoms with Crippen LogP contribution in [0.15, 0.2) is 35.4 Å². The van der Waals surface area contributed by atoms with Gasteiger partial charge < -0.3 is 5.73 Å². The van der Waals surface area contributed by atoms with Crippen LogP contribution in [0.2, 0.25) is 0 Å². The van der Waals surface area contributed by atoms with Crippen LogP contribution in [-0.4, -0.2) is 41.6 Å². The Morgan fingerprint density at radius 3 is 2.39 bits per heavy atom. The maximum Gasteiger partial charge on any atom is 0.417 e. The van der Waals surface area contributed by atoms with Crippen LogP contribution in [0.5, 0.6) is 0 Å². The fourth-order valence-corrected chi connectivity index (χ4v) is 3.70. The van der Waals surface area contributed by atoms with Crippen molar-refractivity contribution in [2.45, 2.75) is 11.1 Å². The molecule has 0 aliphatic heterocycles. The molecule has 1 amide bonds. The number of nitrogens with two attached hydrogens (primary N) is 2. The average Bonchev–Trinajstić information content (AvgIpc) is 3.13. The number of carbonyl (C=O) groups is 1. The van der Waals surface area contributed by atoms with Gasteiger partial charge in [-0.15, -0.1) is 10.2 Å². The molecule has 0 aliphatic carbocycles. The second kappa shape index (κ2) is 6.69. The Labute approximate surface area is 156 Å². The van der Waals surface area contributed by atoms with Crippen molar-refractivity contribution in [2.75, 3.05) is 0 Å². The number of carbonyl (C=O) groups excluding carboxylic acids is 1. The van der Waals surface area contributed by atoms with E-state index in [0.717, 1.165) is 12.1 Å². The maximum atomic E-state index is 13.5. The van der Waals surface area contributed by atoms with E-state index in [1.807, 2.05) is 0 Å². The number of benzene rings is 1. The van der Waals surface area contributed by atoms with Gasteiger partial charge in [-0.05, 0) is 28.8 Å². The van der Waals surface area contributed by atoms with Crippen LogP contribution < -0.4 is 10.9 Å². The summed E-state index contributed by atoms with van der Waals surface area (Å²) in [7, 11) is -3.86. The van der Waals surface area contributed by atoms with E-state index in [-0.39, 0.29) is 28.2 Å².